The Morgan fingerprint density at radius 3 is 0.783 bits per heavy atom. The highest BCUT2D eigenvalue weighted by atomic mass is 15.0. The van der Waals surface area contributed by atoms with Gasteiger partial charge in [-0.3, -0.25) is 0 Å². The molecule has 0 aliphatic heterocycles. The molecule has 388 valence electrons. The van der Waals surface area contributed by atoms with E-state index < -0.39 is 0 Å². The first-order chi connectivity index (χ1) is 41.1. The molecule has 18 aromatic rings. The fourth-order valence-corrected chi connectivity index (χ4v) is 13.3. The van der Waals surface area contributed by atoms with E-state index in [2.05, 4.69) is 321 Å². The Hall–Kier alpha value is -11.1. The molecule has 0 spiro atoms. The summed E-state index contributed by atoms with van der Waals surface area (Å²) in [4.78, 5) is 7.21. The SMILES string of the molecule is c1ccc(-n2c3ccccc3c3ccc(-c4ccc5[nH]c6ccc(-c7ccc8c9ccccc9n(-c9ccccc9)c8c7)cc6c5c4)cc32)cc1.c1ccc(-n2c3ccccc3c3ccc(-c4ccc5[nH]c6ccccc6c5c4)cc32)cc1. The van der Waals surface area contributed by atoms with Crippen LogP contribution in [0.3, 0.4) is 0 Å². The summed E-state index contributed by atoms with van der Waals surface area (Å²) < 4.78 is 7.15. The van der Waals surface area contributed by atoms with E-state index in [-0.39, 0.29) is 0 Å². The maximum Gasteiger partial charge on any atom is 0.0547 e. The largest absolute Gasteiger partial charge is 0.355 e. The molecule has 13 aromatic carbocycles. The van der Waals surface area contributed by atoms with Crippen LogP contribution in [-0.2, 0) is 0 Å². The molecule has 0 amide bonds. The first kappa shape index (κ1) is 46.7. The molecule has 0 atom stereocenters. The standard InChI is InChI=1S/C48H31N3.C30H20N2/c1-3-11-35(12-4-1)50-45-17-9-7-15-37(45)39-23-19-33(29-47(39)50)31-21-25-43-41(27-31)42-28-32(22-26-44(42)49-43)34-20-24-40-38-16-8-10-18-46(38)51(48(40)30-34)36-13-5-2-6-14-36;1-2-8-22(9-3-1)32-29-13-7-5-11-24(29)25-16-14-21(19-30(25)32)20-15-17-28-26(18-20)23-10-4-6-12-27(23)31-28/h1-30,49H;1-19,31H. The van der Waals surface area contributed by atoms with Crippen LogP contribution in [0.25, 0.3) is 159 Å². The van der Waals surface area contributed by atoms with E-state index in [9.17, 15) is 0 Å². The molecule has 0 saturated heterocycles. The third kappa shape index (κ3) is 7.56. The van der Waals surface area contributed by atoms with Gasteiger partial charge in [0.15, 0.2) is 0 Å². The number of para-hydroxylation sites is 7. The molecule has 0 radical (unpaired) electrons. The van der Waals surface area contributed by atoms with Crippen LogP contribution in [0.4, 0.5) is 0 Å². The molecule has 0 aliphatic rings. The minimum absolute atomic E-state index is 1.14. The molecule has 18 rings (SSSR count). The van der Waals surface area contributed by atoms with Gasteiger partial charge in [0.25, 0.3) is 0 Å². The molecule has 5 heteroatoms. The molecule has 0 aliphatic carbocycles. The molecule has 0 saturated carbocycles. The Balaban J connectivity index is 0.000000146. The van der Waals surface area contributed by atoms with Crippen LogP contribution in [0.2, 0.25) is 0 Å². The fraction of sp³-hybridized carbons (Fsp3) is 0. The van der Waals surface area contributed by atoms with Gasteiger partial charge >= 0.3 is 0 Å². The van der Waals surface area contributed by atoms with Crippen molar-refractivity contribution in [1.29, 1.82) is 0 Å². The molecule has 2 N–H and O–H groups in total. The van der Waals surface area contributed by atoms with Crippen LogP contribution < -0.4 is 0 Å². The second kappa shape index (κ2) is 18.7. The summed E-state index contributed by atoms with van der Waals surface area (Å²) in [5.41, 5.74) is 22.8. The maximum atomic E-state index is 3.68. The second-order valence-electron chi connectivity index (χ2n) is 21.8. The Bertz CT molecular complexity index is 5350. The van der Waals surface area contributed by atoms with Crippen LogP contribution in [0.15, 0.2) is 297 Å². The Morgan fingerprint density at radius 1 is 0.169 bits per heavy atom. The number of H-pyrrole nitrogens is 2. The van der Waals surface area contributed by atoms with Crippen molar-refractivity contribution in [3.05, 3.63) is 297 Å². The summed E-state index contributed by atoms with van der Waals surface area (Å²) in [5, 5.41) is 12.6. The number of aromatic nitrogens is 5. The Morgan fingerprint density at radius 2 is 0.422 bits per heavy atom. The summed E-state index contributed by atoms with van der Waals surface area (Å²) in [6, 6.07) is 108. The lowest BCUT2D eigenvalue weighted by atomic mass is 9.99. The number of hydrogen-bond donors (Lipinski definition) is 2. The van der Waals surface area contributed by atoms with Crippen LogP contribution in [0, 0.1) is 0 Å². The van der Waals surface area contributed by atoms with Crippen molar-refractivity contribution in [2.45, 2.75) is 0 Å². The average molecular weight is 1060 g/mol. The predicted molar refractivity (Wildman–Crippen MR) is 351 cm³/mol. The fourth-order valence-electron chi connectivity index (χ4n) is 13.3. The molecular weight excluding hydrogens is 1010 g/mol. The van der Waals surface area contributed by atoms with E-state index in [1.807, 2.05) is 0 Å². The quantitative estimate of drug-likeness (QED) is 0.167. The van der Waals surface area contributed by atoms with E-state index in [0.717, 1.165) is 11.0 Å². The molecule has 5 heterocycles. The van der Waals surface area contributed by atoms with Crippen LogP contribution in [-0.4, -0.2) is 23.7 Å². The van der Waals surface area contributed by atoms with Crippen LogP contribution in [0.5, 0.6) is 0 Å². The van der Waals surface area contributed by atoms with Crippen molar-refractivity contribution < 1.29 is 0 Å². The van der Waals surface area contributed by atoms with Gasteiger partial charge in [-0.05, 0) is 149 Å². The monoisotopic (exact) mass is 1060 g/mol. The topological polar surface area (TPSA) is 46.4 Å². The lowest BCUT2D eigenvalue weighted by Crippen LogP contribution is -1.93. The van der Waals surface area contributed by atoms with Crippen LogP contribution >= 0.6 is 0 Å². The van der Waals surface area contributed by atoms with Crippen molar-refractivity contribution in [3.63, 3.8) is 0 Å². The number of benzene rings is 13. The van der Waals surface area contributed by atoms with E-state index in [0.29, 0.717) is 0 Å². The van der Waals surface area contributed by atoms with Gasteiger partial charge in [-0.1, -0.05) is 182 Å². The number of aromatic amines is 2. The third-order valence-corrected chi connectivity index (χ3v) is 17.2. The Kier molecular flexibility index (Phi) is 10.6. The summed E-state index contributed by atoms with van der Waals surface area (Å²) >= 11 is 0. The van der Waals surface area contributed by atoms with Gasteiger partial charge in [0, 0.05) is 93.0 Å². The molecule has 5 nitrogen and oxygen atoms in total. The van der Waals surface area contributed by atoms with Crippen molar-refractivity contribution in [2.75, 3.05) is 0 Å². The molecule has 0 fully saturated rings. The predicted octanol–water partition coefficient (Wildman–Crippen LogP) is 20.9. The van der Waals surface area contributed by atoms with E-state index in [1.165, 1.54) is 148 Å². The average Bonchev–Trinajstić information content (AvgIpc) is 2.78. The number of nitrogens with one attached hydrogen (secondary N) is 2. The number of rotatable bonds is 6. The van der Waals surface area contributed by atoms with E-state index >= 15 is 0 Å². The minimum Gasteiger partial charge on any atom is -0.355 e. The molecule has 0 unspecified atom stereocenters. The van der Waals surface area contributed by atoms with Gasteiger partial charge in [0.05, 0.1) is 33.1 Å². The summed E-state index contributed by atoms with van der Waals surface area (Å²) in [5.74, 6) is 0. The van der Waals surface area contributed by atoms with Crippen molar-refractivity contribution in [3.8, 4) is 50.4 Å². The van der Waals surface area contributed by atoms with Gasteiger partial charge in [0.1, 0.15) is 0 Å². The lowest BCUT2D eigenvalue weighted by Gasteiger charge is -2.09. The van der Waals surface area contributed by atoms with Crippen molar-refractivity contribution in [2.24, 2.45) is 0 Å². The Labute approximate surface area is 477 Å². The number of fused-ring (bicyclic) bond motifs is 15. The van der Waals surface area contributed by atoms with Crippen molar-refractivity contribution in [1.82, 2.24) is 23.7 Å². The molecule has 83 heavy (non-hydrogen) atoms. The van der Waals surface area contributed by atoms with Crippen molar-refractivity contribution >= 4 is 109 Å². The van der Waals surface area contributed by atoms with Gasteiger partial charge in [0.2, 0.25) is 0 Å². The highest BCUT2D eigenvalue weighted by molar-refractivity contribution is 6.15. The lowest BCUT2D eigenvalue weighted by molar-refractivity contribution is 1.18. The van der Waals surface area contributed by atoms with Gasteiger partial charge in [-0.2, -0.15) is 0 Å². The molecule has 5 aromatic heterocycles. The minimum atomic E-state index is 1.14. The zero-order chi connectivity index (χ0) is 54.5. The second-order valence-corrected chi connectivity index (χ2v) is 21.8. The zero-order valence-electron chi connectivity index (χ0n) is 45.1. The smallest absolute Gasteiger partial charge is 0.0547 e. The molecular formula is C78H51N5. The van der Waals surface area contributed by atoms with E-state index in [4.69, 9.17) is 0 Å². The number of hydrogen-bond acceptors (Lipinski definition) is 0. The first-order valence-corrected chi connectivity index (χ1v) is 28.5. The normalized spacial score (nSPS) is 11.9. The third-order valence-electron chi connectivity index (χ3n) is 17.2. The van der Waals surface area contributed by atoms with Gasteiger partial charge in [-0.15, -0.1) is 0 Å². The maximum absolute atomic E-state index is 3.68. The summed E-state index contributed by atoms with van der Waals surface area (Å²) in [6.45, 7) is 0. The first-order valence-electron chi connectivity index (χ1n) is 28.5. The van der Waals surface area contributed by atoms with Crippen LogP contribution in [0.1, 0.15) is 0 Å². The summed E-state index contributed by atoms with van der Waals surface area (Å²) in [6.07, 6.45) is 0. The van der Waals surface area contributed by atoms with E-state index in [1.54, 1.807) is 0 Å². The zero-order valence-corrected chi connectivity index (χ0v) is 45.1. The number of nitrogens with zero attached hydrogens (tertiary/aromatic N) is 3. The highest BCUT2D eigenvalue weighted by Crippen LogP contribution is 2.41. The van der Waals surface area contributed by atoms with Gasteiger partial charge in [-0.25, -0.2) is 0 Å². The molecule has 0 bridgehead atoms. The summed E-state index contributed by atoms with van der Waals surface area (Å²) in [7, 11) is 0. The van der Waals surface area contributed by atoms with Gasteiger partial charge < -0.3 is 23.7 Å². The highest BCUT2D eigenvalue weighted by Gasteiger charge is 2.18.